The molecule has 0 radical (unpaired) electrons. The van der Waals surface area contributed by atoms with Crippen molar-refractivity contribution in [1.29, 1.82) is 0 Å². The van der Waals surface area contributed by atoms with Gasteiger partial charge in [-0.25, -0.2) is 13.8 Å². The Kier molecular flexibility index (Phi) is 3.00. The van der Waals surface area contributed by atoms with Crippen molar-refractivity contribution in [3.63, 3.8) is 0 Å². The molecule has 0 N–H and O–H groups in total. The molecule has 0 saturated heterocycles. The molecule has 0 unspecified atom stereocenters. The van der Waals surface area contributed by atoms with Crippen molar-refractivity contribution in [3.05, 3.63) is 46.0 Å². The van der Waals surface area contributed by atoms with E-state index in [1.807, 2.05) is 0 Å². The van der Waals surface area contributed by atoms with Gasteiger partial charge >= 0.3 is 0 Å². The Hall–Kier alpha value is -2.31. The second kappa shape index (κ2) is 4.61. The van der Waals surface area contributed by atoms with Gasteiger partial charge in [-0.05, 0) is 6.92 Å². The number of nitrogens with zero attached hydrogens (tertiary/aromatic N) is 2. The first-order valence-corrected chi connectivity index (χ1v) is 6.44. The van der Waals surface area contributed by atoms with Crippen molar-refractivity contribution in [2.24, 2.45) is 0 Å². The zero-order valence-corrected chi connectivity index (χ0v) is 11.2. The molecular weight excluding hydrogens is 282 g/mol. The van der Waals surface area contributed by atoms with E-state index >= 15 is 0 Å². The maximum absolute atomic E-state index is 12.8. The highest BCUT2D eigenvalue weighted by Crippen LogP contribution is 2.48. The van der Waals surface area contributed by atoms with Gasteiger partial charge in [0.1, 0.15) is 12.0 Å². The van der Waals surface area contributed by atoms with Gasteiger partial charge in [0.25, 0.3) is 5.69 Å². The molecule has 0 spiro atoms. The first-order valence-electron chi connectivity index (χ1n) is 6.44. The SMILES string of the molecule is Cc1ccc(-c2coc(C3CC(F)(F)C3)n2)cc1[N+](=O)[O-]. The zero-order chi connectivity index (χ0) is 15.2. The van der Waals surface area contributed by atoms with Gasteiger partial charge in [-0.3, -0.25) is 10.1 Å². The maximum atomic E-state index is 12.8. The van der Waals surface area contributed by atoms with Crippen LogP contribution in [0.3, 0.4) is 0 Å². The summed E-state index contributed by atoms with van der Waals surface area (Å²) in [5.41, 5.74) is 1.50. The van der Waals surface area contributed by atoms with Crippen LogP contribution in [0.2, 0.25) is 0 Å². The molecule has 1 aromatic heterocycles. The summed E-state index contributed by atoms with van der Waals surface area (Å²) in [5, 5.41) is 10.9. The Balaban J connectivity index is 1.87. The number of aryl methyl sites for hydroxylation is 1. The molecule has 1 saturated carbocycles. The fourth-order valence-electron chi connectivity index (χ4n) is 2.41. The standard InChI is InChI=1S/C14H12F2N2O3/c1-8-2-3-9(4-12(8)18(19)20)11-7-21-13(17-11)10-5-14(15,16)6-10/h2-4,7,10H,5-6H2,1H3. The van der Waals surface area contributed by atoms with E-state index in [9.17, 15) is 18.9 Å². The predicted molar refractivity (Wildman–Crippen MR) is 70.3 cm³/mol. The summed E-state index contributed by atoms with van der Waals surface area (Å²) < 4.78 is 30.9. The molecule has 0 aliphatic heterocycles. The van der Waals surface area contributed by atoms with E-state index in [1.54, 1.807) is 19.1 Å². The lowest BCUT2D eigenvalue weighted by molar-refractivity contribution is -0.385. The van der Waals surface area contributed by atoms with Gasteiger partial charge < -0.3 is 4.42 Å². The molecule has 5 nitrogen and oxygen atoms in total. The van der Waals surface area contributed by atoms with Crippen molar-refractivity contribution < 1.29 is 18.1 Å². The minimum absolute atomic E-state index is 0.00720. The summed E-state index contributed by atoms with van der Waals surface area (Å²) in [6.45, 7) is 1.65. The van der Waals surface area contributed by atoms with Gasteiger partial charge in [0.15, 0.2) is 5.89 Å². The molecule has 21 heavy (non-hydrogen) atoms. The maximum Gasteiger partial charge on any atom is 0.272 e. The Morgan fingerprint density at radius 2 is 2.14 bits per heavy atom. The Labute approximate surface area is 118 Å². The highest BCUT2D eigenvalue weighted by molar-refractivity contribution is 5.63. The number of benzene rings is 1. The average Bonchev–Trinajstić information content (AvgIpc) is 2.85. The molecule has 0 atom stereocenters. The number of oxazole rings is 1. The van der Waals surface area contributed by atoms with Crippen LogP contribution >= 0.6 is 0 Å². The number of hydrogen-bond acceptors (Lipinski definition) is 4. The van der Waals surface area contributed by atoms with Crippen LogP contribution in [0.4, 0.5) is 14.5 Å². The van der Waals surface area contributed by atoms with Crippen LogP contribution in [0, 0.1) is 17.0 Å². The third kappa shape index (κ3) is 2.51. The van der Waals surface area contributed by atoms with Gasteiger partial charge in [-0.15, -0.1) is 0 Å². The quantitative estimate of drug-likeness (QED) is 0.632. The van der Waals surface area contributed by atoms with Crippen LogP contribution in [-0.4, -0.2) is 15.8 Å². The van der Waals surface area contributed by atoms with E-state index in [0.717, 1.165) is 0 Å². The second-order valence-electron chi connectivity index (χ2n) is 5.29. The van der Waals surface area contributed by atoms with Gasteiger partial charge in [0, 0.05) is 36.0 Å². The smallest absolute Gasteiger partial charge is 0.272 e. The number of nitro groups is 1. The molecule has 1 aromatic carbocycles. The number of aromatic nitrogens is 1. The van der Waals surface area contributed by atoms with Crippen LogP contribution in [-0.2, 0) is 0 Å². The predicted octanol–water partition coefficient (Wildman–Crippen LogP) is 4.07. The van der Waals surface area contributed by atoms with Crippen LogP contribution in [0.25, 0.3) is 11.3 Å². The molecule has 1 fully saturated rings. The van der Waals surface area contributed by atoms with Crippen molar-refractivity contribution >= 4 is 5.69 Å². The second-order valence-corrected chi connectivity index (χ2v) is 5.29. The topological polar surface area (TPSA) is 69.2 Å². The van der Waals surface area contributed by atoms with Gasteiger partial charge in [-0.2, -0.15) is 0 Å². The summed E-state index contributed by atoms with van der Waals surface area (Å²) in [7, 11) is 0. The molecule has 3 rings (SSSR count). The fraction of sp³-hybridized carbons (Fsp3) is 0.357. The Morgan fingerprint density at radius 3 is 2.76 bits per heavy atom. The van der Waals surface area contributed by atoms with E-state index in [2.05, 4.69) is 4.98 Å². The van der Waals surface area contributed by atoms with Crippen LogP contribution < -0.4 is 0 Å². The zero-order valence-electron chi connectivity index (χ0n) is 11.2. The van der Waals surface area contributed by atoms with E-state index in [0.29, 0.717) is 16.8 Å². The third-order valence-electron chi connectivity index (χ3n) is 3.66. The molecule has 1 aliphatic rings. The highest BCUT2D eigenvalue weighted by atomic mass is 19.3. The van der Waals surface area contributed by atoms with Crippen molar-refractivity contribution in [1.82, 2.24) is 4.98 Å². The monoisotopic (exact) mass is 294 g/mol. The molecule has 7 heteroatoms. The molecule has 110 valence electrons. The minimum atomic E-state index is -2.64. The normalized spacial score (nSPS) is 17.5. The Morgan fingerprint density at radius 1 is 1.43 bits per heavy atom. The number of alkyl halides is 2. The summed E-state index contributed by atoms with van der Waals surface area (Å²) in [4.78, 5) is 14.6. The first kappa shape index (κ1) is 13.7. The van der Waals surface area contributed by atoms with E-state index < -0.39 is 10.8 Å². The van der Waals surface area contributed by atoms with Crippen LogP contribution in [0.15, 0.2) is 28.9 Å². The highest BCUT2D eigenvalue weighted by Gasteiger charge is 2.48. The van der Waals surface area contributed by atoms with Crippen LogP contribution in [0.5, 0.6) is 0 Å². The van der Waals surface area contributed by atoms with Gasteiger partial charge in [0.2, 0.25) is 5.92 Å². The molecule has 1 aliphatic carbocycles. The lowest BCUT2D eigenvalue weighted by Crippen LogP contribution is -2.33. The largest absolute Gasteiger partial charge is 0.448 e. The summed E-state index contributed by atoms with van der Waals surface area (Å²) in [5.74, 6) is -2.75. The molecule has 1 heterocycles. The fourth-order valence-corrected chi connectivity index (χ4v) is 2.41. The average molecular weight is 294 g/mol. The first-order chi connectivity index (χ1) is 9.85. The van der Waals surface area contributed by atoms with E-state index in [1.165, 1.54) is 12.3 Å². The number of nitro benzene ring substituents is 1. The third-order valence-corrected chi connectivity index (χ3v) is 3.66. The number of halogens is 2. The lowest BCUT2D eigenvalue weighted by Gasteiger charge is -2.32. The van der Waals surface area contributed by atoms with Gasteiger partial charge in [0.05, 0.1) is 4.92 Å². The van der Waals surface area contributed by atoms with Crippen LogP contribution in [0.1, 0.15) is 30.2 Å². The molecular formula is C14H12F2N2O3. The number of hydrogen-bond donors (Lipinski definition) is 0. The van der Waals surface area contributed by atoms with Crippen molar-refractivity contribution in [2.45, 2.75) is 31.6 Å². The van der Waals surface area contributed by atoms with Crippen molar-refractivity contribution in [2.75, 3.05) is 0 Å². The molecule has 2 aromatic rings. The lowest BCUT2D eigenvalue weighted by atomic mass is 9.81. The van der Waals surface area contributed by atoms with Crippen molar-refractivity contribution in [3.8, 4) is 11.3 Å². The summed E-state index contributed by atoms with van der Waals surface area (Å²) >= 11 is 0. The number of rotatable bonds is 3. The van der Waals surface area contributed by atoms with Gasteiger partial charge in [-0.1, -0.05) is 12.1 Å². The Bertz CT molecular complexity index is 704. The minimum Gasteiger partial charge on any atom is -0.448 e. The van der Waals surface area contributed by atoms with E-state index in [4.69, 9.17) is 4.42 Å². The molecule has 0 amide bonds. The summed E-state index contributed by atoms with van der Waals surface area (Å²) in [6, 6.07) is 4.73. The molecule has 0 bridgehead atoms. The van der Waals surface area contributed by atoms with E-state index in [-0.39, 0.29) is 30.3 Å². The summed E-state index contributed by atoms with van der Waals surface area (Å²) in [6.07, 6.45) is 0.822.